The van der Waals surface area contributed by atoms with Crippen molar-refractivity contribution in [2.75, 3.05) is 12.4 Å². The van der Waals surface area contributed by atoms with Crippen LogP contribution in [0.3, 0.4) is 0 Å². The molecule has 2 nitrogen and oxygen atoms in total. The summed E-state index contributed by atoms with van der Waals surface area (Å²) in [6, 6.07) is 3.83. The van der Waals surface area contributed by atoms with Crippen LogP contribution in [0.4, 0.5) is 5.69 Å². The number of anilines is 1. The van der Waals surface area contributed by atoms with Crippen LogP contribution in [0.5, 0.6) is 0 Å². The number of pyridine rings is 1. The molecule has 0 aromatic carbocycles. The zero-order valence-electron chi connectivity index (χ0n) is 8.76. The van der Waals surface area contributed by atoms with Crippen LogP contribution in [0.1, 0.15) is 27.7 Å². The average Bonchev–Trinajstić information content (AvgIpc) is 2.25. The highest BCUT2D eigenvalue weighted by Crippen LogP contribution is 1.99. The van der Waals surface area contributed by atoms with Gasteiger partial charge in [0.25, 0.3) is 0 Å². The van der Waals surface area contributed by atoms with E-state index in [4.69, 9.17) is 0 Å². The van der Waals surface area contributed by atoms with Crippen molar-refractivity contribution in [3.63, 3.8) is 0 Å². The molecule has 1 rings (SSSR count). The van der Waals surface area contributed by atoms with Gasteiger partial charge in [-0.15, -0.1) is 0 Å². The molecule has 0 amide bonds. The Morgan fingerprint density at radius 3 is 1.67 bits per heavy atom. The predicted octanol–water partition coefficient (Wildman–Crippen LogP) is 3.18. The molecule has 0 aliphatic rings. The van der Waals surface area contributed by atoms with Crippen LogP contribution >= 0.6 is 0 Å². The minimum atomic E-state index is 1.10. The summed E-state index contributed by atoms with van der Waals surface area (Å²) >= 11 is 0. The van der Waals surface area contributed by atoms with E-state index in [-0.39, 0.29) is 0 Å². The lowest BCUT2D eigenvalue weighted by atomic mass is 10.4. The summed E-state index contributed by atoms with van der Waals surface area (Å²) in [7, 11) is 1.88. The monoisotopic (exact) mass is 168 g/mol. The third-order valence-corrected chi connectivity index (χ3v) is 0.969. The highest BCUT2D eigenvalue weighted by molar-refractivity contribution is 5.39. The number of nitrogens with one attached hydrogen (secondary N) is 1. The van der Waals surface area contributed by atoms with Crippen LogP contribution in [-0.2, 0) is 0 Å². The molecular formula is C10H20N2. The molecule has 0 saturated carbocycles. The van der Waals surface area contributed by atoms with Crippen LogP contribution in [-0.4, -0.2) is 12.0 Å². The van der Waals surface area contributed by atoms with Crippen molar-refractivity contribution < 1.29 is 0 Å². The number of hydrogen-bond acceptors (Lipinski definition) is 2. The molecule has 70 valence electrons. The SMILES string of the molecule is CC.CC.CNc1ccncc1. The number of rotatable bonds is 1. The maximum atomic E-state index is 3.85. The van der Waals surface area contributed by atoms with Crippen molar-refractivity contribution in [1.29, 1.82) is 0 Å². The standard InChI is InChI=1S/C6H8N2.2C2H6/c1-7-6-2-4-8-5-3-6;2*1-2/h2-5H,1H3,(H,7,8);2*1-2H3. The van der Waals surface area contributed by atoms with Gasteiger partial charge in [-0.25, -0.2) is 0 Å². The second kappa shape index (κ2) is 12.6. The Labute approximate surface area is 76.0 Å². The largest absolute Gasteiger partial charge is 0.388 e. The van der Waals surface area contributed by atoms with Gasteiger partial charge < -0.3 is 5.32 Å². The van der Waals surface area contributed by atoms with Gasteiger partial charge in [-0.3, -0.25) is 4.98 Å². The normalized spacial score (nSPS) is 6.75. The van der Waals surface area contributed by atoms with Crippen molar-refractivity contribution in [1.82, 2.24) is 4.98 Å². The summed E-state index contributed by atoms with van der Waals surface area (Å²) in [6.45, 7) is 8.00. The van der Waals surface area contributed by atoms with Crippen molar-refractivity contribution in [3.05, 3.63) is 24.5 Å². The fraction of sp³-hybridized carbons (Fsp3) is 0.500. The van der Waals surface area contributed by atoms with Crippen LogP contribution in [0, 0.1) is 0 Å². The molecule has 0 spiro atoms. The molecule has 12 heavy (non-hydrogen) atoms. The van der Waals surface area contributed by atoms with Crippen LogP contribution in [0.2, 0.25) is 0 Å². The van der Waals surface area contributed by atoms with Gasteiger partial charge >= 0.3 is 0 Å². The summed E-state index contributed by atoms with van der Waals surface area (Å²) in [5.41, 5.74) is 1.10. The molecule has 0 radical (unpaired) electrons. The number of hydrogen-bond donors (Lipinski definition) is 1. The molecule has 1 N–H and O–H groups in total. The minimum Gasteiger partial charge on any atom is -0.388 e. The Morgan fingerprint density at radius 1 is 1.00 bits per heavy atom. The summed E-state index contributed by atoms with van der Waals surface area (Å²) in [4.78, 5) is 3.85. The minimum absolute atomic E-state index is 1.10. The first-order chi connectivity index (χ1) is 5.93. The molecule has 0 aliphatic heterocycles. The fourth-order valence-corrected chi connectivity index (χ4v) is 0.519. The molecule has 0 aliphatic carbocycles. The van der Waals surface area contributed by atoms with E-state index in [1.165, 1.54) is 0 Å². The molecule has 0 bridgehead atoms. The van der Waals surface area contributed by atoms with Crippen LogP contribution in [0.15, 0.2) is 24.5 Å². The summed E-state index contributed by atoms with van der Waals surface area (Å²) in [6.07, 6.45) is 3.51. The predicted molar refractivity (Wildman–Crippen MR) is 56.5 cm³/mol. The van der Waals surface area contributed by atoms with E-state index in [0.29, 0.717) is 0 Å². The Balaban J connectivity index is 0. The summed E-state index contributed by atoms with van der Waals surface area (Å²) < 4.78 is 0. The van der Waals surface area contributed by atoms with Gasteiger partial charge in [0.1, 0.15) is 0 Å². The smallest absolute Gasteiger partial charge is 0.0368 e. The Kier molecular flexibility index (Phi) is 14.2. The zero-order valence-corrected chi connectivity index (χ0v) is 8.76. The maximum Gasteiger partial charge on any atom is 0.0368 e. The summed E-state index contributed by atoms with van der Waals surface area (Å²) in [5, 5.41) is 2.99. The van der Waals surface area contributed by atoms with Gasteiger partial charge in [-0.2, -0.15) is 0 Å². The highest BCUT2D eigenvalue weighted by Gasteiger charge is 1.78. The van der Waals surface area contributed by atoms with E-state index in [2.05, 4.69) is 10.3 Å². The van der Waals surface area contributed by atoms with Crippen molar-refractivity contribution in [3.8, 4) is 0 Å². The van der Waals surface area contributed by atoms with Gasteiger partial charge in [0.15, 0.2) is 0 Å². The van der Waals surface area contributed by atoms with E-state index < -0.39 is 0 Å². The highest BCUT2D eigenvalue weighted by atomic mass is 14.8. The zero-order chi connectivity index (χ0) is 9.82. The molecule has 0 atom stereocenters. The first-order valence-corrected chi connectivity index (χ1v) is 4.51. The van der Waals surface area contributed by atoms with E-state index in [1.54, 1.807) is 12.4 Å². The molecule has 0 fully saturated rings. The Morgan fingerprint density at radius 2 is 1.42 bits per heavy atom. The lowest BCUT2D eigenvalue weighted by molar-refractivity contribution is 1.32. The fourth-order valence-electron chi connectivity index (χ4n) is 0.519. The van der Waals surface area contributed by atoms with Crippen LogP contribution < -0.4 is 5.32 Å². The molecule has 1 heterocycles. The molecule has 2 heteroatoms. The second-order valence-electron chi connectivity index (χ2n) is 1.49. The van der Waals surface area contributed by atoms with Gasteiger partial charge in [0.2, 0.25) is 0 Å². The number of nitrogens with zero attached hydrogens (tertiary/aromatic N) is 1. The van der Waals surface area contributed by atoms with Crippen molar-refractivity contribution >= 4 is 5.69 Å². The van der Waals surface area contributed by atoms with Gasteiger partial charge in [0, 0.05) is 25.1 Å². The van der Waals surface area contributed by atoms with Crippen molar-refractivity contribution in [2.45, 2.75) is 27.7 Å². The van der Waals surface area contributed by atoms with E-state index in [1.807, 2.05) is 46.9 Å². The maximum absolute atomic E-state index is 3.85. The van der Waals surface area contributed by atoms with Crippen molar-refractivity contribution in [2.24, 2.45) is 0 Å². The Bertz CT molecular complexity index is 149. The molecule has 0 unspecified atom stereocenters. The number of aromatic nitrogens is 1. The average molecular weight is 168 g/mol. The molecular weight excluding hydrogens is 148 g/mol. The quantitative estimate of drug-likeness (QED) is 0.696. The lowest BCUT2D eigenvalue weighted by Crippen LogP contribution is -1.85. The molecule has 0 saturated heterocycles. The lowest BCUT2D eigenvalue weighted by Gasteiger charge is -1.93. The van der Waals surface area contributed by atoms with Gasteiger partial charge in [-0.1, -0.05) is 27.7 Å². The topological polar surface area (TPSA) is 24.9 Å². The van der Waals surface area contributed by atoms with Gasteiger partial charge in [0.05, 0.1) is 0 Å². The second-order valence-corrected chi connectivity index (χ2v) is 1.49. The van der Waals surface area contributed by atoms with E-state index >= 15 is 0 Å². The van der Waals surface area contributed by atoms with Gasteiger partial charge in [-0.05, 0) is 12.1 Å². The Hall–Kier alpha value is -1.05. The van der Waals surface area contributed by atoms with E-state index in [0.717, 1.165) is 5.69 Å². The van der Waals surface area contributed by atoms with Crippen LogP contribution in [0.25, 0.3) is 0 Å². The molecule has 1 aromatic rings. The van der Waals surface area contributed by atoms with E-state index in [9.17, 15) is 0 Å². The third kappa shape index (κ3) is 7.06. The third-order valence-electron chi connectivity index (χ3n) is 0.969. The summed E-state index contributed by atoms with van der Waals surface area (Å²) in [5.74, 6) is 0. The first kappa shape index (κ1) is 13.5. The molecule has 1 aromatic heterocycles. The first-order valence-electron chi connectivity index (χ1n) is 4.51.